The van der Waals surface area contributed by atoms with Crippen molar-refractivity contribution in [1.82, 2.24) is 10.2 Å². The second-order valence-electron chi connectivity index (χ2n) is 3.80. The molecule has 0 radical (unpaired) electrons. The predicted octanol–water partition coefficient (Wildman–Crippen LogP) is -0.494. The van der Waals surface area contributed by atoms with Gasteiger partial charge in [-0.05, 0) is 0 Å². The highest BCUT2D eigenvalue weighted by atomic mass is 19.4. The average Bonchev–Trinajstić information content (AvgIpc) is 2.61. The summed E-state index contributed by atoms with van der Waals surface area (Å²) < 4.78 is 36.6. The van der Waals surface area contributed by atoms with Gasteiger partial charge in [0, 0.05) is 19.5 Å². The standard InChI is InChI=1S/C9H13F3N2O3/c10-9(11,12)5-14(1-2-15)8(17)6-3-7(16)13-4-6/h6,15H,1-5H2,(H,13,16). The largest absolute Gasteiger partial charge is 0.406 e. The van der Waals surface area contributed by atoms with E-state index in [-0.39, 0.29) is 25.4 Å². The lowest BCUT2D eigenvalue weighted by atomic mass is 10.1. The zero-order chi connectivity index (χ0) is 13.1. The Hall–Kier alpha value is -1.31. The Labute approximate surface area is 95.6 Å². The maximum absolute atomic E-state index is 12.2. The van der Waals surface area contributed by atoms with Crippen molar-refractivity contribution in [2.24, 2.45) is 5.92 Å². The fourth-order valence-corrected chi connectivity index (χ4v) is 1.64. The van der Waals surface area contributed by atoms with Crippen LogP contribution in [0.3, 0.4) is 0 Å². The van der Waals surface area contributed by atoms with Crippen LogP contribution in [0.25, 0.3) is 0 Å². The summed E-state index contributed by atoms with van der Waals surface area (Å²) in [5.41, 5.74) is 0. The molecule has 1 aliphatic heterocycles. The van der Waals surface area contributed by atoms with E-state index in [1.54, 1.807) is 0 Å². The Balaban J connectivity index is 2.63. The first-order valence-corrected chi connectivity index (χ1v) is 5.06. The molecule has 0 spiro atoms. The molecule has 0 saturated carbocycles. The molecular weight excluding hydrogens is 241 g/mol. The Kier molecular flexibility index (Phi) is 4.33. The number of aliphatic hydroxyl groups excluding tert-OH is 1. The number of rotatable bonds is 4. The normalized spacial score (nSPS) is 20.2. The molecule has 2 amide bonds. The monoisotopic (exact) mass is 254 g/mol. The molecule has 0 aliphatic carbocycles. The van der Waals surface area contributed by atoms with Crippen molar-refractivity contribution in [3.63, 3.8) is 0 Å². The van der Waals surface area contributed by atoms with Gasteiger partial charge < -0.3 is 15.3 Å². The first-order chi connectivity index (χ1) is 7.83. The SMILES string of the molecule is O=C1CC(C(=O)N(CCO)CC(F)(F)F)CN1. The molecule has 5 nitrogen and oxygen atoms in total. The van der Waals surface area contributed by atoms with Crippen molar-refractivity contribution in [1.29, 1.82) is 0 Å². The molecule has 0 bridgehead atoms. The number of aliphatic hydroxyl groups is 1. The minimum atomic E-state index is -4.51. The fourth-order valence-electron chi connectivity index (χ4n) is 1.64. The molecule has 0 aromatic rings. The molecule has 1 fully saturated rings. The van der Waals surface area contributed by atoms with Gasteiger partial charge in [0.05, 0.1) is 12.5 Å². The number of carbonyl (C=O) groups excluding carboxylic acids is 2. The second-order valence-corrected chi connectivity index (χ2v) is 3.80. The molecule has 1 aliphatic rings. The maximum atomic E-state index is 12.2. The summed E-state index contributed by atoms with van der Waals surface area (Å²) >= 11 is 0. The van der Waals surface area contributed by atoms with Crippen LogP contribution in [-0.2, 0) is 9.59 Å². The van der Waals surface area contributed by atoms with E-state index in [9.17, 15) is 22.8 Å². The Bertz CT molecular complexity index is 306. The summed E-state index contributed by atoms with van der Waals surface area (Å²) in [5, 5.41) is 11.0. The van der Waals surface area contributed by atoms with Crippen LogP contribution in [0.4, 0.5) is 13.2 Å². The van der Waals surface area contributed by atoms with Gasteiger partial charge in [-0.2, -0.15) is 13.2 Å². The number of halogens is 3. The number of carbonyl (C=O) groups is 2. The fraction of sp³-hybridized carbons (Fsp3) is 0.778. The second kappa shape index (κ2) is 5.35. The van der Waals surface area contributed by atoms with Gasteiger partial charge in [-0.15, -0.1) is 0 Å². The van der Waals surface area contributed by atoms with Gasteiger partial charge in [0.1, 0.15) is 6.54 Å². The third-order valence-electron chi connectivity index (χ3n) is 2.38. The van der Waals surface area contributed by atoms with Crippen LogP contribution in [0.2, 0.25) is 0 Å². The summed E-state index contributed by atoms with van der Waals surface area (Å²) in [6.07, 6.45) is -4.61. The van der Waals surface area contributed by atoms with Crippen molar-refractivity contribution in [3.8, 4) is 0 Å². The van der Waals surface area contributed by atoms with Crippen LogP contribution in [-0.4, -0.2) is 54.2 Å². The van der Waals surface area contributed by atoms with E-state index in [1.165, 1.54) is 0 Å². The van der Waals surface area contributed by atoms with Gasteiger partial charge in [-0.1, -0.05) is 0 Å². The molecule has 0 aromatic carbocycles. The van der Waals surface area contributed by atoms with Crippen molar-refractivity contribution in [3.05, 3.63) is 0 Å². The van der Waals surface area contributed by atoms with E-state index in [2.05, 4.69) is 5.32 Å². The number of amides is 2. The van der Waals surface area contributed by atoms with Gasteiger partial charge in [-0.3, -0.25) is 9.59 Å². The summed E-state index contributed by atoms with van der Waals surface area (Å²) in [5.74, 6) is -1.87. The number of alkyl halides is 3. The highest BCUT2D eigenvalue weighted by molar-refractivity contribution is 5.89. The van der Waals surface area contributed by atoms with E-state index in [1.807, 2.05) is 0 Å². The van der Waals surface area contributed by atoms with Gasteiger partial charge in [0.25, 0.3) is 0 Å². The van der Waals surface area contributed by atoms with E-state index in [0.29, 0.717) is 4.90 Å². The Morgan fingerprint density at radius 2 is 2.18 bits per heavy atom. The topological polar surface area (TPSA) is 69.6 Å². The third-order valence-corrected chi connectivity index (χ3v) is 2.38. The zero-order valence-corrected chi connectivity index (χ0v) is 8.96. The molecule has 98 valence electrons. The minimum absolute atomic E-state index is 0.0530. The smallest absolute Gasteiger partial charge is 0.395 e. The van der Waals surface area contributed by atoms with Gasteiger partial charge in [0.15, 0.2) is 0 Å². The molecule has 8 heteroatoms. The van der Waals surface area contributed by atoms with Gasteiger partial charge in [-0.25, -0.2) is 0 Å². The highest BCUT2D eigenvalue weighted by Crippen LogP contribution is 2.19. The molecule has 0 aromatic heterocycles. The molecule has 1 atom stereocenters. The zero-order valence-electron chi connectivity index (χ0n) is 8.96. The lowest BCUT2D eigenvalue weighted by Gasteiger charge is -2.25. The first-order valence-electron chi connectivity index (χ1n) is 5.06. The van der Waals surface area contributed by atoms with Crippen molar-refractivity contribution < 1.29 is 27.9 Å². The van der Waals surface area contributed by atoms with E-state index >= 15 is 0 Å². The van der Waals surface area contributed by atoms with Gasteiger partial charge in [0.2, 0.25) is 11.8 Å². The number of nitrogens with one attached hydrogen (secondary N) is 1. The van der Waals surface area contributed by atoms with E-state index < -0.39 is 31.2 Å². The van der Waals surface area contributed by atoms with E-state index in [4.69, 9.17) is 5.11 Å². The van der Waals surface area contributed by atoms with Crippen LogP contribution >= 0.6 is 0 Å². The molecule has 1 rings (SSSR count). The summed E-state index contributed by atoms with van der Waals surface area (Å²) in [4.78, 5) is 23.1. The third kappa shape index (κ3) is 4.22. The molecule has 17 heavy (non-hydrogen) atoms. The summed E-state index contributed by atoms with van der Waals surface area (Å²) in [7, 11) is 0. The van der Waals surface area contributed by atoms with Crippen molar-refractivity contribution in [2.75, 3.05) is 26.2 Å². The van der Waals surface area contributed by atoms with Gasteiger partial charge >= 0.3 is 6.18 Å². The minimum Gasteiger partial charge on any atom is -0.395 e. The van der Waals surface area contributed by atoms with Crippen LogP contribution in [0, 0.1) is 5.92 Å². The summed E-state index contributed by atoms with van der Waals surface area (Å²) in [6.45, 7) is -2.28. The predicted molar refractivity (Wildman–Crippen MR) is 50.8 cm³/mol. The number of hydrogen-bond donors (Lipinski definition) is 2. The van der Waals surface area contributed by atoms with E-state index in [0.717, 1.165) is 0 Å². The lowest BCUT2D eigenvalue weighted by molar-refractivity contribution is -0.164. The molecule has 1 heterocycles. The number of hydrogen-bond acceptors (Lipinski definition) is 3. The summed E-state index contributed by atoms with van der Waals surface area (Å²) in [6, 6.07) is 0. The Morgan fingerprint density at radius 3 is 2.59 bits per heavy atom. The average molecular weight is 254 g/mol. The molecular formula is C9H13F3N2O3. The number of nitrogens with zero attached hydrogens (tertiary/aromatic N) is 1. The first kappa shape index (κ1) is 13.8. The molecule has 1 unspecified atom stereocenters. The molecule has 1 saturated heterocycles. The van der Waals surface area contributed by atoms with Crippen LogP contribution in [0.5, 0.6) is 0 Å². The van der Waals surface area contributed by atoms with Crippen LogP contribution in [0.1, 0.15) is 6.42 Å². The van der Waals surface area contributed by atoms with Crippen molar-refractivity contribution in [2.45, 2.75) is 12.6 Å². The quantitative estimate of drug-likeness (QED) is 0.711. The van der Waals surface area contributed by atoms with Crippen LogP contribution in [0.15, 0.2) is 0 Å². The highest BCUT2D eigenvalue weighted by Gasteiger charge is 2.37. The Morgan fingerprint density at radius 1 is 1.53 bits per heavy atom. The lowest BCUT2D eigenvalue weighted by Crippen LogP contribution is -2.44. The maximum Gasteiger partial charge on any atom is 0.406 e. The molecule has 2 N–H and O–H groups in total. The van der Waals surface area contributed by atoms with Crippen LogP contribution < -0.4 is 5.32 Å². The van der Waals surface area contributed by atoms with Crippen molar-refractivity contribution >= 4 is 11.8 Å².